The Morgan fingerprint density at radius 2 is 2.56 bits per heavy atom. The van der Waals surface area contributed by atoms with Crippen molar-refractivity contribution in [1.29, 1.82) is 0 Å². The van der Waals surface area contributed by atoms with Gasteiger partial charge in [0.2, 0.25) is 5.95 Å². The van der Waals surface area contributed by atoms with Crippen molar-refractivity contribution < 1.29 is 4.74 Å². The molecule has 1 saturated carbocycles. The lowest BCUT2D eigenvalue weighted by atomic mass is 10.2. The number of anilines is 1. The molecule has 1 fully saturated rings. The predicted octanol–water partition coefficient (Wildman–Crippen LogP) is 2.22. The van der Waals surface area contributed by atoms with Gasteiger partial charge in [0.15, 0.2) is 0 Å². The highest BCUT2D eigenvalue weighted by Crippen LogP contribution is 2.33. The molecule has 1 N–H and O–H groups in total. The molecule has 0 aliphatic heterocycles. The summed E-state index contributed by atoms with van der Waals surface area (Å²) >= 11 is 0. The highest BCUT2D eigenvalue weighted by molar-refractivity contribution is 5.28. The first-order chi connectivity index (χ1) is 7.86. The van der Waals surface area contributed by atoms with E-state index in [1.165, 1.54) is 6.42 Å². The Morgan fingerprint density at radius 3 is 3.31 bits per heavy atom. The fourth-order valence-electron chi connectivity index (χ4n) is 2.38. The van der Waals surface area contributed by atoms with Crippen molar-refractivity contribution in [3.63, 3.8) is 0 Å². The van der Waals surface area contributed by atoms with Gasteiger partial charge in [0.1, 0.15) is 0 Å². The van der Waals surface area contributed by atoms with Crippen LogP contribution in [0.1, 0.15) is 25.3 Å². The molecule has 1 heterocycles. The number of nitrogens with zero attached hydrogens (tertiary/aromatic N) is 2. The molecule has 2 rings (SSSR count). The minimum absolute atomic E-state index is 0.318. The second kappa shape index (κ2) is 5.16. The maximum atomic E-state index is 5.51. The number of aromatic nitrogens is 2. The summed E-state index contributed by atoms with van der Waals surface area (Å²) in [6.07, 6.45) is 9.53. The van der Waals surface area contributed by atoms with Crippen LogP contribution in [0.5, 0.6) is 0 Å². The van der Waals surface area contributed by atoms with Crippen molar-refractivity contribution >= 4 is 5.95 Å². The lowest BCUT2D eigenvalue weighted by molar-refractivity contribution is 0.0755. The number of rotatable bonds is 5. The topological polar surface area (TPSA) is 39.1 Å². The minimum atomic E-state index is 0.318. The Balaban J connectivity index is 2.12. The Labute approximate surface area is 96.3 Å². The van der Waals surface area contributed by atoms with E-state index in [-0.39, 0.29) is 0 Å². The summed E-state index contributed by atoms with van der Waals surface area (Å²) in [6, 6.07) is 0.416. The number of nitrogens with one attached hydrogen (secondary N) is 1. The summed E-state index contributed by atoms with van der Waals surface area (Å²) in [4.78, 5) is 4.32. The van der Waals surface area contributed by atoms with Gasteiger partial charge >= 0.3 is 0 Å². The van der Waals surface area contributed by atoms with E-state index in [4.69, 9.17) is 4.74 Å². The molecule has 0 bridgehead atoms. The molecule has 1 aromatic rings. The van der Waals surface area contributed by atoms with Gasteiger partial charge in [-0.05, 0) is 19.3 Å². The van der Waals surface area contributed by atoms with Gasteiger partial charge < -0.3 is 14.6 Å². The molecule has 0 aromatic carbocycles. The quantitative estimate of drug-likeness (QED) is 0.775. The van der Waals surface area contributed by atoms with Crippen molar-refractivity contribution in [2.45, 2.75) is 31.4 Å². The van der Waals surface area contributed by atoms with E-state index in [1.54, 1.807) is 7.11 Å². The van der Waals surface area contributed by atoms with Gasteiger partial charge in [-0.2, -0.15) is 0 Å². The molecule has 16 heavy (non-hydrogen) atoms. The molecule has 4 heteroatoms. The van der Waals surface area contributed by atoms with E-state index in [0.29, 0.717) is 12.1 Å². The highest BCUT2D eigenvalue weighted by Gasteiger charge is 2.29. The average Bonchev–Trinajstić information content (AvgIpc) is 2.93. The number of hydrogen-bond donors (Lipinski definition) is 1. The van der Waals surface area contributed by atoms with Crippen LogP contribution in [0, 0.1) is 0 Å². The Morgan fingerprint density at radius 1 is 1.69 bits per heavy atom. The number of imidazole rings is 1. The van der Waals surface area contributed by atoms with Crippen LogP contribution in [0.25, 0.3) is 0 Å². The third-order valence-electron chi connectivity index (χ3n) is 3.15. The van der Waals surface area contributed by atoms with E-state index in [2.05, 4.69) is 21.4 Å². The smallest absolute Gasteiger partial charge is 0.203 e. The lowest BCUT2D eigenvalue weighted by Gasteiger charge is -2.21. The summed E-state index contributed by atoms with van der Waals surface area (Å²) in [5.41, 5.74) is 0. The van der Waals surface area contributed by atoms with Crippen LogP contribution in [0.2, 0.25) is 0 Å². The summed E-state index contributed by atoms with van der Waals surface area (Å²) in [5, 5.41) is 3.24. The zero-order valence-corrected chi connectivity index (χ0v) is 9.72. The maximum Gasteiger partial charge on any atom is 0.203 e. The molecule has 2 unspecified atom stereocenters. The van der Waals surface area contributed by atoms with Crippen LogP contribution in [0.3, 0.4) is 0 Å². The van der Waals surface area contributed by atoms with Crippen molar-refractivity contribution in [3.05, 3.63) is 25.0 Å². The Hall–Kier alpha value is -1.29. The number of ether oxygens (including phenoxy) is 1. The van der Waals surface area contributed by atoms with Gasteiger partial charge in [-0.3, -0.25) is 0 Å². The second-order valence-corrected chi connectivity index (χ2v) is 4.10. The molecule has 0 amide bonds. The summed E-state index contributed by atoms with van der Waals surface area (Å²) in [6.45, 7) is 4.43. The fourth-order valence-corrected chi connectivity index (χ4v) is 2.38. The summed E-state index contributed by atoms with van der Waals surface area (Å²) < 4.78 is 7.70. The van der Waals surface area contributed by atoms with E-state index in [1.807, 2.05) is 18.5 Å². The molecule has 4 nitrogen and oxygen atoms in total. The fraction of sp³-hybridized carbons (Fsp3) is 0.583. The minimum Gasteiger partial charge on any atom is -0.379 e. The first-order valence-corrected chi connectivity index (χ1v) is 5.77. The van der Waals surface area contributed by atoms with Gasteiger partial charge in [0, 0.05) is 26.0 Å². The van der Waals surface area contributed by atoms with E-state index in [9.17, 15) is 0 Å². The zero-order valence-electron chi connectivity index (χ0n) is 9.72. The van der Waals surface area contributed by atoms with Crippen LogP contribution in [-0.2, 0) is 4.74 Å². The monoisotopic (exact) mass is 221 g/mol. The average molecular weight is 221 g/mol. The third-order valence-corrected chi connectivity index (χ3v) is 3.15. The van der Waals surface area contributed by atoms with Gasteiger partial charge in [0.05, 0.1) is 12.1 Å². The standard InChI is InChI=1S/C12H19N3O/c1-3-7-13-12-14-8-9-15(12)10-5-4-6-11(10)16-2/h3,8-11H,1,4-7H2,2H3,(H,13,14). The molecule has 0 radical (unpaired) electrons. The Kier molecular flexibility index (Phi) is 3.62. The third kappa shape index (κ3) is 2.11. The molecule has 1 aliphatic rings. The molecule has 1 aromatic heterocycles. The van der Waals surface area contributed by atoms with E-state index < -0.39 is 0 Å². The molecule has 1 aliphatic carbocycles. The Bertz CT molecular complexity index is 348. The van der Waals surface area contributed by atoms with Crippen molar-refractivity contribution in [2.75, 3.05) is 19.0 Å². The predicted molar refractivity (Wildman–Crippen MR) is 64.6 cm³/mol. The van der Waals surface area contributed by atoms with Crippen LogP contribution < -0.4 is 5.32 Å². The van der Waals surface area contributed by atoms with E-state index >= 15 is 0 Å². The first kappa shape index (κ1) is 11.2. The summed E-state index contributed by atoms with van der Waals surface area (Å²) in [5.74, 6) is 0.911. The molecular formula is C12H19N3O. The van der Waals surface area contributed by atoms with Crippen LogP contribution in [-0.4, -0.2) is 29.3 Å². The van der Waals surface area contributed by atoms with Crippen LogP contribution in [0.15, 0.2) is 25.0 Å². The van der Waals surface area contributed by atoms with Crippen molar-refractivity contribution in [2.24, 2.45) is 0 Å². The molecular weight excluding hydrogens is 202 g/mol. The van der Waals surface area contributed by atoms with Gasteiger partial charge in [0.25, 0.3) is 0 Å². The SMILES string of the molecule is C=CCNc1nccn1C1CCCC1OC. The number of hydrogen-bond acceptors (Lipinski definition) is 3. The van der Waals surface area contributed by atoms with Gasteiger partial charge in [-0.15, -0.1) is 6.58 Å². The zero-order chi connectivity index (χ0) is 11.4. The maximum absolute atomic E-state index is 5.51. The first-order valence-electron chi connectivity index (χ1n) is 5.77. The second-order valence-electron chi connectivity index (χ2n) is 4.10. The normalized spacial score (nSPS) is 24.6. The molecule has 2 atom stereocenters. The molecule has 88 valence electrons. The van der Waals surface area contributed by atoms with Crippen LogP contribution >= 0.6 is 0 Å². The van der Waals surface area contributed by atoms with Crippen molar-refractivity contribution in [3.8, 4) is 0 Å². The highest BCUT2D eigenvalue weighted by atomic mass is 16.5. The van der Waals surface area contributed by atoms with Crippen LogP contribution in [0.4, 0.5) is 5.95 Å². The number of methoxy groups -OCH3 is 1. The molecule has 0 spiro atoms. The lowest BCUT2D eigenvalue weighted by Crippen LogP contribution is -2.21. The summed E-state index contributed by atoms with van der Waals surface area (Å²) in [7, 11) is 1.79. The largest absolute Gasteiger partial charge is 0.379 e. The van der Waals surface area contributed by atoms with Gasteiger partial charge in [-0.1, -0.05) is 6.08 Å². The molecule has 0 saturated heterocycles. The van der Waals surface area contributed by atoms with Gasteiger partial charge in [-0.25, -0.2) is 4.98 Å². The van der Waals surface area contributed by atoms with Crippen molar-refractivity contribution in [1.82, 2.24) is 9.55 Å². The van der Waals surface area contributed by atoms with E-state index in [0.717, 1.165) is 25.3 Å².